The molecule has 0 amide bonds. The van der Waals surface area contributed by atoms with E-state index in [-0.39, 0.29) is 0 Å². The van der Waals surface area contributed by atoms with E-state index in [2.05, 4.69) is 0 Å². The molecule has 0 saturated heterocycles. The Bertz CT molecular complexity index is 562. The van der Waals surface area contributed by atoms with Crippen LogP contribution in [0.3, 0.4) is 0 Å². The van der Waals surface area contributed by atoms with Crippen LogP contribution < -0.4 is 9.47 Å². The largest absolute Gasteiger partial charge is 0.504 e. The minimum absolute atomic E-state index is 0.518. The molecule has 0 atom stereocenters. The Hall–Kier alpha value is -2.42. The first kappa shape index (κ1) is 14.0. The highest BCUT2D eigenvalue weighted by molar-refractivity contribution is 5.55. The number of hydrogen-bond acceptors (Lipinski definition) is 3. The van der Waals surface area contributed by atoms with Gasteiger partial charge < -0.3 is 14.2 Å². The molecule has 20 heavy (non-hydrogen) atoms. The third kappa shape index (κ3) is 3.79. The molecule has 0 N–H and O–H groups in total. The Balaban J connectivity index is 2.09. The topological polar surface area (TPSA) is 27.7 Å². The summed E-state index contributed by atoms with van der Waals surface area (Å²) >= 11 is 0. The fourth-order valence-electron chi connectivity index (χ4n) is 1.79. The molecule has 0 aliphatic carbocycles. The van der Waals surface area contributed by atoms with Crippen LogP contribution in [0.15, 0.2) is 54.8 Å². The second-order valence-electron chi connectivity index (χ2n) is 4.22. The normalized spacial score (nSPS) is 10.5. The average molecular weight is 270 g/mol. The predicted octanol–water partition coefficient (Wildman–Crippen LogP) is 3.89. The van der Waals surface area contributed by atoms with Gasteiger partial charge in [0.2, 0.25) is 0 Å². The van der Waals surface area contributed by atoms with Gasteiger partial charge >= 0.3 is 0 Å². The maximum Gasteiger partial charge on any atom is 0.161 e. The summed E-state index contributed by atoms with van der Waals surface area (Å²) in [5.41, 5.74) is 2.12. The van der Waals surface area contributed by atoms with Crippen molar-refractivity contribution in [2.24, 2.45) is 0 Å². The van der Waals surface area contributed by atoms with Crippen LogP contribution in [0, 0.1) is 0 Å². The van der Waals surface area contributed by atoms with E-state index in [1.165, 1.54) is 0 Å². The molecule has 0 radical (unpaired) electrons. The van der Waals surface area contributed by atoms with Crippen molar-refractivity contribution in [3.8, 4) is 11.5 Å². The molecule has 0 heterocycles. The van der Waals surface area contributed by atoms with Gasteiger partial charge in [-0.05, 0) is 29.3 Å². The van der Waals surface area contributed by atoms with E-state index in [0.717, 1.165) is 16.9 Å². The summed E-state index contributed by atoms with van der Waals surface area (Å²) in [6, 6.07) is 15.8. The first-order chi connectivity index (χ1) is 9.83. The number of methoxy groups -OCH3 is 2. The summed E-state index contributed by atoms with van der Waals surface area (Å²) < 4.78 is 16.1. The van der Waals surface area contributed by atoms with Crippen LogP contribution >= 0.6 is 0 Å². The Morgan fingerprint density at radius 3 is 2.45 bits per heavy atom. The zero-order chi connectivity index (χ0) is 14.2. The lowest BCUT2D eigenvalue weighted by Crippen LogP contribution is -1.97. The van der Waals surface area contributed by atoms with Gasteiger partial charge in [0, 0.05) is 0 Å². The molecule has 0 fully saturated rings. The van der Waals surface area contributed by atoms with Crippen molar-refractivity contribution in [3.05, 3.63) is 65.9 Å². The first-order valence-electron chi connectivity index (χ1n) is 6.37. The molecule has 0 saturated carbocycles. The van der Waals surface area contributed by atoms with Crippen molar-refractivity contribution in [1.29, 1.82) is 0 Å². The minimum Gasteiger partial charge on any atom is -0.504 e. The lowest BCUT2D eigenvalue weighted by Gasteiger charge is -2.11. The van der Waals surface area contributed by atoms with E-state index in [4.69, 9.17) is 14.2 Å². The van der Waals surface area contributed by atoms with Crippen molar-refractivity contribution in [2.75, 3.05) is 14.2 Å². The van der Waals surface area contributed by atoms with Crippen LogP contribution in [0.2, 0.25) is 0 Å². The number of hydrogen-bond donors (Lipinski definition) is 0. The molecule has 3 nitrogen and oxygen atoms in total. The number of benzene rings is 2. The molecular weight excluding hydrogens is 252 g/mol. The third-order valence-electron chi connectivity index (χ3n) is 2.82. The molecule has 0 bridgehead atoms. The lowest BCUT2D eigenvalue weighted by molar-refractivity contribution is 0.284. The fourth-order valence-corrected chi connectivity index (χ4v) is 1.79. The average Bonchev–Trinajstić information content (AvgIpc) is 2.52. The Kier molecular flexibility index (Phi) is 5.07. The molecule has 0 aromatic heterocycles. The van der Waals surface area contributed by atoms with Crippen LogP contribution in [-0.2, 0) is 11.3 Å². The summed E-state index contributed by atoms with van der Waals surface area (Å²) in [5.74, 6) is 1.44. The minimum atomic E-state index is 0.518. The summed E-state index contributed by atoms with van der Waals surface area (Å²) in [5, 5.41) is 0. The SMILES string of the molecule is CO/C=C\c1ccc(OCc2ccccc2)c(OC)c1. The van der Waals surface area contributed by atoms with Gasteiger partial charge in [0.25, 0.3) is 0 Å². The fraction of sp³-hybridized carbons (Fsp3) is 0.176. The highest BCUT2D eigenvalue weighted by atomic mass is 16.5. The Morgan fingerprint density at radius 1 is 0.950 bits per heavy atom. The Labute approximate surface area is 119 Å². The van der Waals surface area contributed by atoms with Gasteiger partial charge in [-0.1, -0.05) is 36.4 Å². The van der Waals surface area contributed by atoms with E-state index in [1.807, 2.05) is 54.6 Å². The molecule has 2 rings (SSSR count). The summed E-state index contributed by atoms with van der Waals surface area (Å²) in [6.07, 6.45) is 3.49. The monoisotopic (exact) mass is 270 g/mol. The predicted molar refractivity (Wildman–Crippen MR) is 79.8 cm³/mol. The van der Waals surface area contributed by atoms with Crippen molar-refractivity contribution >= 4 is 6.08 Å². The second-order valence-corrected chi connectivity index (χ2v) is 4.22. The van der Waals surface area contributed by atoms with Gasteiger partial charge in [-0.2, -0.15) is 0 Å². The van der Waals surface area contributed by atoms with Crippen molar-refractivity contribution < 1.29 is 14.2 Å². The molecule has 2 aromatic carbocycles. The van der Waals surface area contributed by atoms with E-state index in [9.17, 15) is 0 Å². The van der Waals surface area contributed by atoms with Gasteiger partial charge in [0.1, 0.15) is 6.61 Å². The van der Waals surface area contributed by atoms with Gasteiger partial charge in [-0.3, -0.25) is 0 Å². The van der Waals surface area contributed by atoms with Crippen LogP contribution in [0.1, 0.15) is 11.1 Å². The molecule has 0 aliphatic rings. The molecular formula is C17H18O3. The van der Waals surface area contributed by atoms with E-state index in [1.54, 1.807) is 20.5 Å². The van der Waals surface area contributed by atoms with Gasteiger partial charge in [0.05, 0.1) is 20.5 Å². The highest BCUT2D eigenvalue weighted by Crippen LogP contribution is 2.29. The zero-order valence-electron chi connectivity index (χ0n) is 11.7. The summed E-state index contributed by atoms with van der Waals surface area (Å²) in [4.78, 5) is 0. The van der Waals surface area contributed by atoms with Crippen molar-refractivity contribution in [3.63, 3.8) is 0 Å². The molecule has 0 aliphatic heterocycles. The van der Waals surface area contributed by atoms with E-state index >= 15 is 0 Å². The van der Waals surface area contributed by atoms with Gasteiger partial charge in [-0.25, -0.2) is 0 Å². The van der Waals surface area contributed by atoms with Gasteiger partial charge in [-0.15, -0.1) is 0 Å². The van der Waals surface area contributed by atoms with E-state index in [0.29, 0.717) is 12.4 Å². The van der Waals surface area contributed by atoms with Crippen LogP contribution in [-0.4, -0.2) is 14.2 Å². The standard InChI is InChI=1S/C17H18O3/c1-18-11-10-14-8-9-16(17(12-14)19-2)20-13-15-6-4-3-5-7-15/h3-12H,13H2,1-2H3/b11-10-. The Morgan fingerprint density at radius 2 is 1.75 bits per heavy atom. The second kappa shape index (κ2) is 7.24. The quantitative estimate of drug-likeness (QED) is 0.745. The molecule has 104 valence electrons. The maximum atomic E-state index is 5.79. The lowest BCUT2D eigenvalue weighted by atomic mass is 10.2. The van der Waals surface area contributed by atoms with Crippen molar-refractivity contribution in [1.82, 2.24) is 0 Å². The summed E-state index contributed by atoms with van der Waals surface area (Å²) in [6.45, 7) is 0.518. The number of rotatable bonds is 6. The smallest absolute Gasteiger partial charge is 0.161 e. The van der Waals surface area contributed by atoms with E-state index < -0.39 is 0 Å². The van der Waals surface area contributed by atoms with Crippen LogP contribution in [0.5, 0.6) is 11.5 Å². The first-order valence-corrected chi connectivity index (χ1v) is 6.37. The molecule has 2 aromatic rings. The van der Waals surface area contributed by atoms with Crippen LogP contribution in [0.25, 0.3) is 6.08 Å². The summed E-state index contributed by atoms with van der Waals surface area (Å²) in [7, 11) is 3.25. The number of ether oxygens (including phenoxy) is 3. The maximum absolute atomic E-state index is 5.79. The third-order valence-corrected chi connectivity index (χ3v) is 2.82. The van der Waals surface area contributed by atoms with Crippen molar-refractivity contribution in [2.45, 2.75) is 6.61 Å². The van der Waals surface area contributed by atoms with Crippen LogP contribution in [0.4, 0.5) is 0 Å². The van der Waals surface area contributed by atoms with Gasteiger partial charge in [0.15, 0.2) is 11.5 Å². The molecule has 3 heteroatoms. The molecule has 0 spiro atoms. The highest BCUT2D eigenvalue weighted by Gasteiger charge is 2.05. The zero-order valence-corrected chi connectivity index (χ0v) is 11.7. The molecule has 0 unspecified atom stereocenters.